The maximum Gasteiger partial charge on any atom is 0.333 e. The molecule has 1 rings (SSSR count). The van der Waals surface area contributed by atoms with Crippen molar-refractivity contribution in [2.75, 3.05) is 12.3 Å². The van der Waals surface area contributed by atoms with E-state index in [-0.39, 0.29) is 0 Å². The highest BCUT2D eigenvalue weighted by atomic mass is 31.2. The van der Waals surface area contributed by atoms with Crippen molar-refractivity contribution in [1.82, 2.24) is 0 Å². The van der Waals surface area contributed by atoms with E-state index in [0.717, 1.165) is 12.1 Å². The molecule has 0 radical (unpaired) electrons. The summed E-state index contributed by atoms with van der Waals surface area (Å²) in [5.74, 6) is 0. The molecule has 2 atom stereocenters. The van der Waals surface area contributed by atoms with Gasteiger partial charge in [-0.1, -0.05) is 24.3 Å². The number of hydrogen-bond donors (Lipinski definition) is 8. The van der Waals surface area contributed by atoms with Crippen LogP contribution in [0, 0.1) is 0 Å². The van der Waals surface area contributed by atoms with Crippen molar-refractivity contribution in [1.29, 1.82) is 0 Å². The van der Waals surface area contributed by atoms with Crippen LogP contribution in [-0.4, -0.2) is 51.5 Å². The molecule has 0 aliphatic rings. The van der Waals surface area contributed by atoms with Crippen LogP contribution in [0.4, 0.5) is 0 Å². The SMILES string of the molecule is O=P(O)(O)CC(c1ccccc1C(CP(=O)(O)O)P(=O)(O)O)P(=O)(O)O. The lowest BCUT2D eigenvalue weighted by Gasteiger charge is -2.26. The van der Waals surface area contributed by atoms with E-state index in [1.807, 2.05) is 0 Å². The molecule has 2 unspecified atom stereocenters. The zero-order chi connectivity index (χ0) is 20.6. The third-order valence-corrected chi connectivity index (χ3v) is 8.15. The highest BCUT2D eigenvalue weighted by Crippen LogP contribution is 2.63. The van der Waals surface area contributed by atoms with Gasteiger partial charge in [-0.05, 0) is 11.1 Å². The first kappa shape index (κ1) is 23.9. The Labute approximate surface area is 147 Å². The van der Waals surface area contributed by atoms with Crippen LogP contribution in [0.15, 0.2) is 24.3 Å². The van der Waals surface area contributed by atoms with Gasteiger partial charge in [-0.2, -0.15) is 0 Å². The van der Waals surface area contributed by atoms with Crippen molar-refractivity contribution < 1.29 is 57.4 Å². The Morgan fingerprint density at radius 3 is 1.08 bits per heavy atom. The molecule has 150 valence electrons. The molecule has 0 bridgehead atoms. The molecule has 16 heteroatoms. The first-order valence-electron chi connectivity index (χ1n) is 6.70. The monoisotopic (exact) mass is 454 g/mol. The maximum atomic E-state index is 11.7. The Bertz CT molecular complexity index is 759. The topological polar surface area (TPSA) is 230 Å². The molecule has 0 heterocycles. The summed E-state index contributed by atoms with van der Waals surface area (Å²) in [6.45, 7) is 0. The van der Waals surface area contributed by atoms with E-state index < -0.39 is 65.2 Å². The Hall–Kier alpha value is -0.180. The third-order valence-electron chi connectivity index (χ3n) is 3.35. The van der Waals surface area contributed by atoms with Crippen molar-refractivity contribution in [2.24, 2.45) is 0 Å². The van der Waals surface area contributed by atoms with E-state index in [1.165, 1.54) is 12.1 Å². The lowest BCUT2D eigenvalue weighted by Crippen LogP contribution is -2.14. The first-order chi connectivity index (χ1) is 11.4. The van der Waals surface area contributed by atoms with Crippen LogP contribution in [-0.2, 0) is 18.3 Å². The van der Waals surface area contributed by atoms with Gasteiger partial charge in [0, 0.05) is 0 Å². The number of hydrogen-bond acceptors (Lipinski definition) is 4. The lowest BCUT2D eigenvalue weighted by molar-refractivity contribution is 0.343. The van der Waals surface area contributed by atoms with Gasteiger partial charge in [0.25, 0.3) is 0 Å². The maximum absolute atomic E-state index is 11.7. The first-order valence-corrected chi connectivity index (χ1v) is 13.7. The molecule has 8 N–H and O–H groups in total. The van der Waals surface area contributed by atoms with Crippen LogP contribution in [0.2, 0.25) is 0 Å². The molecular weight excluding hydrogens is 436 g/mol. The van der Waals surface area contributed by atoms with E-state index in [1.54, 1.807) is 0 Å². The second-order valence-electron chi connectivity index (χ2n) is 5.53. The Morgan fingerprint density at radius 1 is 0.615 bits per heavy atom. The molecular formula is C10H18O12P4. The fraction of sp³-hybridized carbons (Fsp3) is 0.400. The van der Waals surface area contributed by atoms with Gasteiger partial charge < -0.3 is 39.1 Å². The summed E-state index contributed by atoms with van der Waals surface area (Å²) in [4.78, 5) is 74.1. The van der Waals surface area contributed by atoms with Crippen LogP contribution in [0.25, 0.3) is 0 Å². The summed E-state index contributed by atoms with van der Waals surface area (Å²) in [6, 6.07) is 4.37. The van der Waals surface area contributed by atoms with Crippen molar-refractivity contribution in [3.63, 3.8) is 0 Å². The van der Waals surface area contributed by atoms with E-state index in [0.29, 0.717) is 0 Å². The van der Waals surface area contributed by atoms with E-state index in [2.05, 4.69) is 0 Å². The van der Waals surface area contributed by atoms with E-state index >= 15 is 0 Å². The average Bonchev–Trinajstić information content (AvgIpc) is 2.38. The minimum atomic E-state index is -5.20. The normalized spacial score (nSPS) is 16.3. The van der Waals surface area contributed by atoms with Gasteiger partial charge in [0.15, 0.2) is 0 Å². The van der Waals surface area contributed by atoms with Crippen LogP contribution in [0.1, 0.15) is 22.4 Å². The van der Waals surface area contributed by atoms with Crippen LogP contribution < -0.4 is 0 Å². The standard InChI is InChI=1S/C10H18O12P4/c11-23(12,13)5-9(25(17,18)19)7-3-1-2-4-8(7)10(26(20,21)22)6-24(14,15)16/h1-4,9-10H,5-6H2,(H2,11,12,13)(H2,14,15,16)(H2,17,18,19)(H2,20,21,22). The molecule has 1 aromatic rings. The molecule has 0 saturated carbocycles. The molecule has 0 aliphatic carbocycles. The van der Waals surface area contributed by atoms with Crippen molar-refractivity contribution >= 4 is 30.4 Å². The second-order valence-corrected chi connectivity index (χ2v) is 12.5. The highest BCUT2D eigenvalue weighted by Gasteiger charge is 2.42. The molecule has 0 spiro atoms. The molecule has 0 fully saturated rings. The highest BCUT2D eigenvalue weighted by molar-refractivity contribution is 7.57. The molecule has 0 aromatic heterocycles. The molecule has 0 amide bonds. The van der Waals surface area contributed by atoms with Gasteiger partial charge in [0.1, 0.15) is 0 Å². The minimum Gasteiger partial charge on any atom is -0.324 e. The number of rotatable bonds is 8. The van der Waals surface area contributed by atoms with Gasteiger partial charge in [0.05, 0.1) is 23.6 Å². The van der Waals surface area contributed by atoms with Crippen molar-refractivity contribution in [2.45, 2.75) is 11.3 Å². The number of benzene rings is 1. The van der Waals surface area contributed by atoms with Gasteiger partial charge in [-0.25, -0.2) is 0 Å². The zero-order valence-corrected chi connectivity index (χ0v) is 16.5. The quantitative estimate of drug-likeness (QED) is 0.251. The van der Waals surface area contributed by atoms with Gasteiger partial charge in [-0.15, -0.1) is 0 Å². The van der Waals surface area contributed by atoms with Crippen LogP contribution >= 0.6 is 30.4 Å². The smallest absolute Gasteiger partial charge is 0.324 e. The Morgan fingerprint density at radius 2 is 0.885 bits per heavy atom. The predicted octanol–water partition coefficient (Wildman–Crippen LogP) is 0.480. The summed E-state index contributed by atoms with van der Waals surface area (Å²) in [7, 11) is -20.3. The lowest BCUT2D eigenvalue weighted by atomic mass is 10.0. The van der Waals surface area contributed by atoms with Crippen LogP contribution in [0.3, 0.4) is 0 Å². The molecule has 0 aliphatic heterocycles. The van der Waals surface area contributed by atoms with Crippen molar-refractivity contribution in [3.8, 4) is 0 Å². The minimum absolute atomic E-state index is 0.508. The van der Waals surface area contributed by atoms with Crippen molar-refractivity contribution in [3.05, 3.63) is 35.4 Å². The van der Waals surface area contributed by atoms with E-state index in [4.69, 9.17) is 19.6 Å². The summed E-state index contributed by atoms with van der Waals surface area (Å²) >= 11 is 0. The molecule has 26 heavy (non-hydrogen) atoms. The molecule has 1 aromatic carbocycles. The Balaban J connectivity index is 3.64. The van der Waals surface area contributed by atoms with Gasteiger partial charge >= 0.3 is 30.4 Å². The predicted molar refractivity (Wildman–Crippen MR) is 89.8 cm³/mol. The molecule has 0 saturated heterocycles. The summed E-state index contributed by atoms with van der Waals surface area (Å²) in [6.07, 6.45) is -2.64. The zero-order valence-electron chi connectivity index (χ0n) is 12.9. The van der Waals surface area contributed by atoms with E-state index in [9.17, 15) is 37.8 Å². The summed E-state index contributed by atoms with van der Waals surface area (Å²) in [5, 5.41) is 0. The molecule has 12 nitrogen and oxygen atoms in total. The van der Waals surface area contributed by atoms with Gasteiger partial charge in [0.2, 0.25) is 0 Å². The van der Waals surface area contributed by atoms with Gasteiger partial charge in [-0.3, -0.25) is 18.3 Å². The van der Waals surface area contributed by atoms with Crippen LogP contribution in [0.5, 0.6) is 0 Å². The average molecular weight is 454 g/mol. The Kier molecular flexibility index (Phi) is 7.39. The third kappa shape index (κ3) is 7.44. The fourth-order valence-electron chi connectivity index (χ4n) is 2.34. The second kappa shape index (κ2) is 8.05. The summed E-state index contributed by atoms with van der Waals surface area (Å²) < 4.78 is 45.9. The summed E-state index contributed by atoms with van der Waals surface area (Å²) in [5.41, 5.74) is -5.26. The largest absolute Gasteiger partial charge is 0.333 e. The fourth-order valence-corrected chi connectivity index (χ4v) is 7.81.